The molecular formula is C16H25NOS. The molecule has 2 aliphatic carbocycles. The van der Waals surface area contributed by atoms with Crippen LogP contribution < -0.4 is 0 Å². The lowest BCUT2D eigenvalue weighted by Crippen LogP contribution is -2.36. The van der Waals surface area contributed by atoms with E-state index < -0.39 is 0 Å². The third-order valence-corrected chi connectivity index (χ3v) is 7.46. The standard InChI is InChI=1S/C16H25NOS/c1-4-16(10(2)3)15(18)17-14(19-16)9-13-8-11-5-6-12(13)7-11/h10-13H,4-9H2,1-3H3/t11-,12+,13-,16?/m1/s1. The molecule has 2 saturated carbocycles. The highest BCUT2D eigenvalue weighted by Crippen LogP contribution is 2.52. The molecule has 106 valence electrons. The largest absolute Gasteiger partial charge is 0.271 e. The summed E-state index contributed by atoms with van der Waals surface area (Å²) in [5.74, 6) is 3.24. The first-order valence-corrected chi connectivity index (χ1v) is 8.67. The van der Waals surface area contributed by atoms with Gasteiger partial charge in [0, 0.05) is 0 Å². The molecule has 2 bridgehead atoms. The Hall–Kier alpha value is -0.310. The fourth-order valence-electron chi connectivity index (χ4n) is 4.42. The van der Waals surface area contributed by atoms with Crippen molar-refractivity contribution in [1.29, 1.82) is 0 Å². The number of hydrogen-bond donors (Lipinski definition) is 0. The van der Waals surface area contributed by atoms with Crippen molar-refractivity contribution >= 4 is 22.7 Å². The molecule has 2 nitrogen and oxygen atoms in total. The predicted molar refractivity (Wildman–Crippen MR) is 81.4 cm³/mol. The molecule has 2 fully saturated rings. The molecule has 3 aliphatic rings. The number of rotatable bonds is 4. The lowest BCUT2D eigenvalue weighted by Gasteiger charge is -2.28. The first kappa shape index (κ1) is 13.7. The maximum absolute atomic E-state index is 12.3. The maximum Gasteiger partial charge on any atom is 0.263 e. The van der Waals surface area contributed by atoms with E-state index in [2.05, 4.69) is 25.8 Å². The molecule has 1 aliphatic heterocycles. The van der Waals surface area contributed by atoms with E-state index in [-0.39, 0.29) is 10.7 Å². The predicted octanol–water partition coefficient (Wildman–Crippen LogP) is 4.29. The monoisotopic (exact) mass is 279 g/mol. The summed E-state index contributed by atoms with van der Waals surface area (Å²) in [4.78, 5) is 16.7. The van der Waals surface area contributed by atoms with Crippen LogP contribution in [0.25, 0.3) is 0 Å². The van der Waals surface area contributed by atoms with E-state index in [1.807, 2.05) is 0 Å². The van der Waals surface area contributed by atoms with Crippen LogP contribution in [0.15, 0.2) is 4.99 Å². The van der Waals surface area contributed by atoms with E-state index in [4.69, 9.17) is 0 Å². The molecule has 0 N–H and O–H groups in total. The number of fused-ring (bicyclic) bond motifs is 2. The first-order chi connectivity index (χ1) is 9.05. The van der Waals surface area contributed by atoms with Crippen molar-refractivity contribution in [3.05, 3.63) is 0 Å². The molecule has 19 heavy (non-hydrogen) atoms. The van der Waals surface area contributed by atoms with Crippen molar-refractivity contribution in [1.82, 2.24) is 0 Å². The summed E-state index contributed by atoms with van der Waals surface area (Å²) >= 11 is 1.79. The number of carbonyl (C=O) groups excluding carboxylic acids is 1. The smallest absolute Gasteiger partial charge is 0.263 e. The summed E-state index contributed by atoms with van der Waals surface area (Å²) in [7, 11) is 0. The van der Waals surface area contributed by atoms with E-state index in [0.29, 0.717) is 5.92 Å². The minimum Gasteiger partial charge on any atom is -0.271 e. The third-order valence-electron chi connectivity index (χ3n) is 5.67. The molecule has 4 atom stereocenters. The Morgan fingerprint density at radius 3 is 2.63 bits per heavy atom. The zero-order valence-electron chi connectivity index (χ0n) is 12.3. The van der Waals surface area contributed by atoms with Gasteiger partial charge in [-0.3, -0.25) is 4.79 Å². The minimum absolute atomic E-state index is 0.133. The third kappa shape index (κ3) is 2.18. The lowest BCUT2D eigenvalue weighted by atomic mass is 9.87. The average molecular weight is 279 g/mol. The van der Waals surface area contributed by atoms with Crippen LogP contribution in [-0.2, 0) is 4.79 Å². The van der Waals surface area contributed by atoms with E-state index in [1.54, 1.807) is 11.8 Å². The Bertz CT molecular complexity index is 417. The summed E-state index contributed by atoms with van der Waals surface area (Å²) < 4.78 is -0.257. The summed E-state index contributed by atoms with van der Waals surface area (Å²) in [6, 6.07) is 0. The van der Waals surface area contributed by atoms with Crippen LogP contribution in [0.4, 0.5) is 0 Å². The summed E-state index contributed by atoms with van der Waals surface area (Å²) in [6.07, 6.45) is 7.68. The number of amides is 1. The van der Waals surface area contributed by atoms with E-state index in [9.17, 15) is 4.79 Å². The molecule has 0 saturated heterocycles. The molecule has 1 unspecified atom stereocenters. The summed E-state index contributed by atoms with van der Waals surface area (Å²) in [5.41, 5.74) is 0. The molecule has 0 aromatic heterocycles. The summed E-state index contributed by atoms with van der Waals surface area (Å²) in [6.45, 7) is 6.44. The van der Waals surface area contributed by atoms with Crippen molar-refractivity contribution in [2.45, 2.75) is 64.0 Å². The van der Waals surface area contributed by atoms with Crippen molar-refractivity contribution in [3.8, 4) is 0 Å². The topological polar surface area (TPSA) is 29.4 Å². The average Bonchev–Trinajstić information content (AvgIpc) is 3.03. The van der Waals surface area contributed by atoms with Crippen LogP contribution in [0, 0.1) is 23.7 Å². The van der Waals surface area contributed by atoms with Crippen LogP contribution >= 0.6 is 11.8 Å². The van der Waals surface area contributed by atoms with Crippen LogP contribution in [0.2, 0.25) is 0 Å². The van der Waals surface area contributed by atoms with Crippen molar-refractivity contribution in [3.63, 3.8) is 0 Å². The van der Waals surface area contributed by atoms with Gasteiger partial charge in [-0.15, -0.1) is 0 Å². The molecule has 1 heterocycles. The fraction of sp³-hybridized carbons (Fsp3) is 0.875. The second-order valence-electron chi connectivity index (χ2n) is 6.95. The Kier molecular flexibility index (Phi) is 3.53. The number of hydrogen-bond acceptors (Lipinski definition) is 2. The van der Waals surface area contributed by atoms with E-state index in [0.717, 1.165) is 35.6 Å². The number of carbonyl (C=O) groups is 1. The zero-order valence-corrected chi connectivity index (χ0v) is 13.1. The highest BCUT2D eigenvalue weighted by atomic mass is 32.2. The van der Waals surface area contributed by atoms with Crippen molar-refractivity contribution in [2.75, 3.05) is 0 Å². The molecule has 3 heteroatoms. The lowest BCUT2D eigenvalue weighted by molar-refractivity contribution is -0.120. The van der Waals surface area contributed by atoms with E-state index in [1.165, 1.54) is 25.7 Å². The van der Waals surface area contributed by atoms with Crippen LogP contribution in [0.1, 0.15) is 59.3 Å². The molecular weight excluding hydrogens is 254 g/mol. The van der Waals surface area contributed by atoms with Crippen molar-refractivity contribution in [2.24, 2.45) is 28.7 Å². The van der Waals surface area contributed by atoms with Gasteiger partial charge in [-0.2, -0.15) is 0 Å². The highest BCUT2D eigenvalue weighted by molar-refractivity contribution is 8.16. The van der Waals surface area contributed by atoms with Gasteiger partial charge in [0.25, 0.3) is 5.91 Å². The number of aliphatic imine (C=N–C) groups is 1. The minimum atomic E-state index is -0.257. The van der Waals surface area contributed by atoms with Crippen LogP contribution in [0.3, 0.4) is 0 Å². The number of thioether (sulfide) groups is 1. The maximum atomic E-state index is 12.3. The van der Waals surface area contributed by atoms with Gasteiger partial charge in [0.15, 0.2) is 0 Å². The van der Waals surface area contributed by atoms with Crippen LogP contribution in [-0.4, -0.2) is 15.7 Å². The Balaban J connectivity index is 1.67. The molecule has 0 radical (unpaired) electrons. The Morgan fingerprint density at radius 1 is 1.37 bits per heavy atom. The van der Waals surface area contributed by atoms with Gasteiger partial charge >= 0.3 is 0 Å². The Morgan fingerprint density at radius 2 is 2.16 bits per heavy atom. The molecule has 3 rings (SSSR count). The van der Waals surface area contributed by atoms with Gasteiger partial charge in [0.05, 0.1) is 5.04 Å². The quantitative estimate of drug-likeness (QED) is 0.768. The number of nitrogens with zero attached hydrogens (tertiary/aromatic N) is 1. The highest BCUT2D eigenvalue weighted by Gasteiger charge is 2.48. The van der Waals surface area contributed by atoms with Gasteiger partial charge in [0.2, 0.25) is 0 Å². The molecule has 0 spiro atoms. The van der Waals surface area contributed by atoms with Gasteiger partial charge < -0.3 is 0 Å². The Labute approximate surface area is 120 Å². The van der Waals surface area contributed by atoms with Gasteiger partial charge in [-0.25, -0.2) is 4.99 Å². The van der Waals surface area contributed by atoms with Crippen molar-refractivity contribution < 1.29 is 4.79 Å². The molecule has 0 aromatic rings. The second kappa shape index (κ2) is 4.91. The second-order valence-corrected chi connectivity index (χ2v) is 8.35. The van der Waals surface area contributed by atoms with Crippen LogP contribution in [0.5, 0.6) is 0 Å². The van der Waals surface area contributed by atoms with E-state index >= 15 is 0 Å². The normalized spacial score (nSPS) is 41.4. The van der Waals surface area contributed by atoms with Gasteiger partial charge in [-0.1, -0.05) is 39.0 Å². The SMILES string of the molecule is CCC1(C(C)C)SC(C[C@H]2C[C@@H]3CC[C@H]2C3)=NC1=O. The molecule has 0 aromatic carbocycles. The van der Waals surface area contributed by atoms with Gasteiger partial charge in [0.1, 0.15) is 4.75 Å². The fourth-order valence-corrected chi connectivity index (χ4v) is 5.78. The molecule has 1 amide bonds. The van der Waals surface area contributed by atoms with Gasteiger partial charge in [-0.05, 0) is 55.8 Å². The zero-order chi connectivity index (χ0) is 13.6. The summed E-state index contributed by atoms with van der Waals surface area (Å²) in [5, 5.41) is 1.14. The first-order valence-electron chi connectivity index (χ1n) is 7.86.